The Balaban J connectivity index is 1.88. The van der Waals surface area contributed by atoms with Crippen LogP contribution in [-0.4, -0.2) is 35.0 Å². The van der Waals surface area contributed by atoms with Gasteiger partial charge in [0.1, 0.15) is 12.1 Å². The van der Waals surface area contributed by atoms with Crippen molar-refractivity contribution in [3.8, 4) is 22.4 Å². The van der Waals surface area contributed by atoms with Crippen LogP contribution < -0.4 is 10.2 Å². The van der Waals surface area contributed by atoms with Gasteiger partial charge in [0.05, 0.1) is 11.1 Å². The van der Waals surface area contributed by atoms with Crippen LogP contribution in [0.25, 0.3) is 33.4 Å². The molecule has 0 radical (unpaired) electrons. The van der Waals surface area contributed by atoms with E-state index in [0.717, 1.165) is 50.8 Å². The highest BCUT2D eigenvalue weighted by Gasteiger charge is 2.17. The molecule has 33 heavy (non-hydrogen) atoms. The number of hydrogen-bond acceptors (Lipinski definition) is 5. The summed E-state index contributed by atoms with van der Waals surface area (Å²) in [5.41, 5.74) is 5.36. The molecule has 0 aliphatic heterocycles. The normalized spacial score (nSPS) is 10.9. The van der Waals surface area contributed by atoms with E-state index in [2.05, 4.69) is 67.3 Å². The van der Waals surface area contributed by atoms with Crippen LogP contribution in [0.2, 0.25) is 0 Å². The van der Waals surface area contributed by atoms with Gasteiger partial charge in [-0.25, -0.2) is 15.0 Å². The third-order valence-electron chi connectivity index (χ3n) is 5.43. The number of fused-ring (bicyclic) bond motifs is 1. The number of pyridine rings is 1. The average molecular weight is 504 g/mol. The fourth-order valence-electron chi connectivity index (χ4n) is 3.65. The number of halogens is 1. The summed E-state index contributed by atoms with van der Waals surface area (Å²) >= 11 is 3.57. The first-order valence-corrected chi connectivity index (χ1v) is 11.7. The summed E-state index contributed by atoms with van der Waals surface area (Å²) in [6, 6.07) is 18.3. The van der Waals surface area contributed by atoms with Crippen molar-refractivity contribution in [1.82, 2.24) is 15.0 Å². The number of carbonyl (C=O) groups excluding carboxylic acids is 1. The van der Waals surface area contributed by atoms with E-state index in [1.165, 1.54) is 6.33 Å². The Morgan fingerprint density at radius 1 is 1.03 bits per heavy atom. The van der Waals surface area contributed by atoms with Crippen LogP contribution in [-0.2, 0) is 4.79 Å². The Kier molecular flexibility index (Phi) is 6.99. The van der Waals surface area contributed by atoms with Crippen molar-refractivity contribution in [3.63, 3.8) is 0 Å². The van der Waals surface area contributed by atoms with Crippen LogP contribution in [0.3, 0.4) is 0 Å². The number of benzene rings is 2. The minimum Gasteiger partial charge on any atom is -0.378 e. The predicted molar refractivity (Wildman–Crippen MR) is 138 cm³/mol. The topological polar surface area (TPSA) is 71.0 Å². The highest BCUT2D eigenvalue weighted by atomic mass is 79.9. The molecular formula is C26H26BrN5O. The van der Waals surface area contributed by atoms with Crippen molar-refractivity contribution in [3.05, 3.63) is 65.4 Å². The summed E-state index contributed by atoms with van der Waals surface area (Å²) in [4.78, 5) is 28.2. The minimum atomic E-state index is -0.0552. The van der Waals surface area contributed by atoms with Crippen molar-refractivity contribution in [2.75, 3.05) is 24.3 Å². The summed E-state index contributed by atoms with van der Waals surface area (Å²) < 4.78 is 0.965. The number of rotatable bonds is 7. The lowest BCUT2D eigenvalue weighted by Crippen LogP contribution is -2.13. The standard InChI is InChI=1S/C26H26BrN5O/c1-4-5-9-23(33)31-26-24-21(18-7-6-8-19(27)14-18)15-22(30-25(24)28-16-29-26)17-10-12-20(13-11-17)32(2)3/h6-8,10-16H,4-5,9H2,1-3H3,(H,28,29,30,31,33). The van der Waals surface area contributed by atoms with E-state index in [1.807, 2.05) is 44.4 Å². The van der Waals surface area contributed by atoms with Gasteiger partial charge < -0.3 is 10.2 Å². The van der Waals surface area contributed by atoms with Crippen molar-refractivity contribution in [1.29, 1.82) is 0 Å². The number of aromatic nitrogens is 3. The van der Waals surface area contributed by atoms with Gasteiger partial charge in [-0.3, -0.25) is 4.79 Å². The first-order chi connectivity index (χ1) is 16.0. The summed E-state index contributed by atoms with van der Waals surface area (Å²) in [5, 5.41) is 3.71. The Morgan fingerprint density at radius 2 is 1.82 bits per heavy atom. The van der Waals surface area contributed by atoms with Gasteiger partial charge in [0.25, 0.3) is 0 Å². The smallest absolute Gasteiger partial charge is 0.225 e. The lowest BCUT2D eigenvalue weighted by Gasteiger charge is -2.15. The molecule has 168 valence electrons. The van der Waals surface area contributed by atoms with Crippen LogP contribution in [0.5, 0.6) is 0 Å². The zero-order valence-electron chi connectivity index (χ0n) is 19.0. The highest BCUT2D eigenvalue weighted by molar-refractivity contribution is 9.10. The molecule has 1 N–H and O–H groups in total. The number of carbonyl (C=O) groups is 1. The molecule has 0 aliphatic rings. The van der Waals surface area contributed by atoms with E-state index in [4.69, 9.17) is 4.98 Å². The molecule has 1 amide bonds. The maximum atomic E-state index is 12.5. The molecule has 0 unspecified atom stereocenters. The molecule has 4 rings (SSSR count). The number of hydrogen-bond donors (Lipinski definition) is 1. The number of anilines is 2. The number of nitrogens with one attached hydrogen (secondary N) is 1. The summed E-state index contributed by atoms with van der Waals surface area (Å²) in [5.74, 6) is 0.429. The number of nitrogens with zero attached hydrogens (tertiary/aromatic N) is 4. The molecule has 2 heterocycles. The molecule has 0 atom stereocenters. The maximum Gasteiger partial charge on any atom is 0.225 e. The monoisotopic (exact) mass is 503 g/mol. The predicted octanol–water partition coefficient (Wildman–Crippen LogP) is 6.32. The van der Waals surface area contributed by atoms with Crippen molar-refractivity contribution >= 4 is 44.4 Å². The van der Waals surface area contributed by atoms with Gasteiger partial charge in [-0.2, -0.15) is 0 Å². The van der Waals surface area contributed by atoms with Gasteiger partial charge in [-0.05, 0) is 47.9 Å². The van der Waals surface area contributed by atoms with Gasteiger partial charge in [-0.15, -0.1) is 0 Å². The summed E-state index contributed by atoms with van der Waals surface area (Å²) in [6.45, 7) is 2.06. The van der Waals surface area contributed by atoms with Crippen LogP contribution >= 0.6 is 15.9 Å². The van der Waals surface area contributed by atoms with Gasteiger partial charge in [-0.1, -0.05) is 53.5 Å². The van der Waals surface area contributed by atoms with Crippen molar-refractivity contribution < 1.29 is 4.79 Å². The highest BCUT2D eigenvalue weighted by Crippen LogP contribution is 2.36. The van der Waals surface area contributed by atoms with E-state index in [0.29, 0.717) is 17.9 Å². The molecule has 0 saturated heterocycles. The Hall–Kier alpha value is -3.32. The van der Waals surface area contributed by atoms with Crippen LogP contribution in [0, 0.1) is 0 Å². The average Bonchev–Trinajstić information content (AvgIpc) is 2.82. The molecule has 2 aromatic carbocycles. The molecule has 6 nitrogen and oxygen atoms in total. The second kappa shape index (κ2) is 10.1. The van der Waals surface area contributed by atoms with Gasteiger partial charge in [0.15, 0.2) is 5.65 Å². The molecule has 0 fully saturated rings. The largest absolute Gasteiger partial charge is 0.378 e. The minimum absolute atomic E-state index is 0.0552. The molecule has 7 heteroatoms. The van der Waals surface area contributed by atoms with Crippen LogP contribution in [0.4, 0.5) is 11.5 Å². The van der Waals surface area contributed by atoms with E-state index < -0.39 is 0 Å². The second-order valence-corrected chi connectivity index (χ2v) is 8.99. The third kappa shape index (κ3) is 5.20. The fourth-order valence-corrected chi connectivity index (χ4v) is 4.05. The Morgan fingerprint density at radius 3 is 2.52 bits per heavy atom. The van der Waals surface area contributed by atoms with Crippen molar-refractivity contribution in [2.45, 2.75) is 26.2 Å². The molecule has 0 spiro atoms. The van der Waals surface area contributed by atoms with E-state index in [9.17, 15) is 4.79 Å². The quantitative estimate of drug-likeness (QED) is 0.319. The SMILES string of the molecule is CCCCC(=O)Nc1ncnc2nc(-c3ccc(N(C)C)cc3)cc(-c3cccc(Br)c3)c12. The third-order valence-corrected chi connectivity index (χ3v) is 5.93. The van der Waals surface area contributed by atoms with Gasteiger partial charge in [0, 0.05) is 36.2 Å². The summed E-state index contributed by atoms with van der Waals surface area (Å²) in [7, 11) is 4.03. The summed E-state index contributed by atoms with van der Waals surface area (Å²) in [6.07, 6.45) is 3.70. The zero-order chi connectivity index (χ0) is 23.4. The first-order valence-electron chi connectivity index (χ1n) is 11.0. The number of unbranched alkanes of at least 4 members (excludes halogenated alkanes) is 1. The van der Waals surface area contributed by atoms with E-state index in [1.54, 1.807) is 0 Å². The van der Waals surface area contributed by atoms with E-state index >= 15 is 0 Å². The lowest BCUT2D eigenvalue weighted by molar-refractivity contribution is -0.116. The van der Waals surface area contributed by atoms with E-state index in [-0.39, 0.29) is 5.91 Å². The molecule has 4 aromatic rings. The van der Waals surface area contributed by atoms with Gasteiger partial charge in [0.2, 0.25) is 5.91 Å². The molecule has 0 saturated carbocycles. The molecule has 0 aliphatic carbocycles. The van der Waals surface area contributed by atoms with Crippen LogP contribution in [0.1, 0.15) is 26.2 Å². The lowest BCUT2D eigenvalue weighted by atomic mass is 9.99. The second-order valence-electron chi connectivity index (χ2n) is 8.08. The Bertz CT molecular complexity index is 1290. The molecule has 2 aromatic heterocycles. The fraction of sp³-hybridized carbons (Fsp3) is 0.231. The number of amides is 1. The Labute approximate surface area is 202 Å². The van der Waals surface area contributed by atoms with Crippen LogP contribution in [0.15, 0.2) is 65.4 Å². The van der Waals surface area contributed by atoms with Crippen molar-refractivity contribution in [2.24, 2.45) is 0 Å². The molecule has 0 bridgehead atoms. The molecular weight excluding hydrogens is 478 g/mol. The first kappa shape index (κ1) is 22.9. The maximum absolute atomic E-state index is 12.5. The van der Waals surface area contributed by atoms with Gasteiger partial charge >= 0.3 is 0 Å². The zero-order valence-corrected chi connectivity index (χ0v) is 20.6.